The second-order valence-electron chi connectivity index (χ2n) is 10.4. The molecule has 1 fully saturated rings. The van der Waals surface area contributed by atoms with Gasteiger partial charge < -0.3 is 15.4 Å². The fraction of sp³-hybridized carbons (Fsp3) is 0.321. The largest absolute Gasteiger partial charge is 0.444 e. The number of nitrogens with zero attached hydrogens (tertiary/aromatic N) is 4. The first-order valence-electron chi connectivity index (χ1n) is 12.3. The summed E-state index contributed by atoms with van der Waals surface area (Å²) < 4.78 is 47.8. The van der Waals surface area contributed by atoms with Gasteiger partial charge in [0.25, 0.3) is 0 Å². The average molecular weight is 524 g/mol. The molecule has 0 spiro atoms. The molecule has 4 aromatic rings. The zero-order valence-corrected chi connectivity index (χ0v) is 21.3. The van der Waals surface area contributed by atoms with E-state index in [0.29, 0.717) is 41.2 Å². The lowest BCUT2D eigenvalue weighted by molar-refractivity contribution is -0.137. The Morgan fingerprint density at radius 3 is 2.47 bits per heavy atom. The van der Waals surface area contributed by atoms with Crippen LogP contribution in [0.2, 0.25) is 0 Å². The van der Waals surface area contributed by atoms with E-state index < -0.39 is 17.3 Å². The van der Waals surface area contributed by atoms with E-state index in [1.807, 2.05) is 45.0 Å². The number of pyridine rings is 1. The van der Waals surface area contributed by atoms with Gasteiger partial charge in [0.05, 0.1) is 22.2 Å². The van der Waals surface area contributed by atoms with E-state index >= 15 is 0 Å². The minimum Gasteiger partial charge on any atom is -0.444 e. The van der Waals surface area contributed by atoms with Crippen LogP contribution in [0.15, 0.2) is 60.8 Å². The molecule has 5 rings (SSSR count). The van der Waals surface area contributed by atoms with Crippen LogP contribution in [0.3, 0.4) is 0 Å². The Kier molecular flexibility index (Phi) is 6.28. The predicted molar refractivity (Wildman–Crippen MR) is 139 cm³/mol. The van der Waals surface area contributed by atoms with Crippen LogP contribution in [-0.4, -0.2) is 44.2 Å². The van der Waals surface area contributed by atoms with Crippen molar-refractivity contribution in [2.45, 2.75) is 44.9 Å². The molecule has 2 aromatic carbocycles. The minimum absolute atomic E-state index is 0.126. The van der Waals surface area contributed by atoms with Crippen LogP contribution in [0.4, 0.5) is 23.8 Å². The summed E-state index contributed by atoms with van der Waals surface area (Å²) in [6.45, 7) is 6.64. The molecule has 3 heterocycles. The molecular formula is C28H28F3N5O2. The Hall–Kier alpha value is -4.08. The highest BCUT2D eigenvalue weighted by molar-refractivity contribution is 5.86. The molecule has 1 atom stereocenters. The molecule has 1 saturated heterocycles. The summed E-state index contributed by atoms with van der Waals surface area (Å²) >= 11 is 0. The second kappa shape index (κ2) is 9.34. The second-order valence-corrected chi connectivity index (χ2v) is 10.4. The summed E-state index contributed by atoms with van der Waals surface area (Å²) in [5.74, 6) is 0.751. The van der Waals surface area contributed by atoms with Gasteiger partial charge in [0.1, 0.15) is 17.2 Å². The van der Waals surface area contributed by atoms with Crippen molar-refractivity contribution in [2.24, 2.45) is 0 Å². The summed E-state index contributed by atoms with van der Waals surface area (Å²) in [5, 5.41) is 0. The molecular weight excluding hydrogens is 495 g/mol. The third-order valence-electron chi connectivity index (χ3n) is 6.52. The van der Waals surface area contributed by atoms with Crippen LogP contribution in [-0.2, 0) is 10.9 Å². The molecule has 0 radical (unpaired) electrons. The lowest BCUT2D eigenvalue weighted by atomic mass is 9.98. The Balaban J connectivity index is 1.51. The lowest BCUT2D eigenvalue weighted by Crippen LogP contribution is -2.35. The molecule has 0 bridgehead atoms. The number of halogens is 3. The van der Waals surface area contributed by atoms with Gasteiger partial charge in [-0.3, -0.25) is 4.57 Å². The summed E-state index contributed by atoms with van der Waals surface area (Å²) in [6, 6.07) is 14.5. The van der Waals surface area contributed by atoms with E-state index in [1.165, 1.54) is 6.07 Å². The first-order valence-corrected chi connectivity index (χ1v) is 12.3. The number of nitrogen functional groups attached to an aromatic ring is 1. The van der Waals surface area contributed by atoms with E-state index in [1.54, 1.807) is 27.8 Å². The highest BCUT2D eigenvalue weighted by atomic mass is 19.4. The van der Waals surface area contributed by atoms with Crippen molar-refractivity contribution in [3.8, 4) is 17.1 Å². The standard InChI is InChI=1S/C28H28F3N5O2/c1-27(2,3)38-26(37)35-14-12-18(16-35)17-6-9-20(10-7-17)36-23-15-19(28(29,30)31)8-11-22(23)34-25(36)21-5-4-13-33-24(21)32/h4-11,13,15,18H,12,14,16H2,1-3H3,(H2,32,33). The third kappa shape index (κ3) is 5.03. The summed E-state index contributed by atoms with van der Waals surface area (Å²) in [6.07, 6.45) is -2.49. The van der Waals surface area contributed by atoms with E-state index in [0.717, 1.165) is 24.1 Å². The Morgan fingerprint density at radius 2 is 1.82 bits per heavy atom. The van der Waals surface area contributed by atoms with Gasteiger partial charge in [-0.15, -0.1) is 0 Å². The number of fused-ring (bicyclic) bond motifs is 1. The molecule has 2 aromatic heterocycles. The van der Waals surface area contributed by atoms with E-state index in [2.05, 4.69) is 9.97 Å². The van der Waals surface area contributed by atoms with Gasteiger partial charge in [0, 0.05) is 30.9 Å². The van der Waals surface area contributed by atoms with Gasteiger partial charge in [0.15, 0.2) is 0 Å². The fourth-order valence-electron chi connectivity index (χ4n) is 4.72. The quantitative estimate of drug-likeness (QED) is 0.335. The molecule has 0 saturated carbocycles. The third-order valence-corrected chi connectivity index (χ3v) is 6.52. The van der Waals surface area contributed by atoms with Crippen LogP contribution < -0.4 is 5.73 Å². The number of amides is 1. The topological polar surface area (TPSA) is 86.3 Å². The molecule has 0 aliphatic carbocycles. The number of hydrogen-bond donors (Lipinski definition) is 1. The Morgan fingerprint density at radius 1 is 1.08 bits per heavy atom. The van der Waals surface area contributed by atoms with Crippen molar-refractivity contribution in [3.63, 3.8) is 0 Å². The van der Waals surface area contributed by atoms with Crippen LogP contribution in [0.1, 0.15) is 44.2 Å². The average Bonchev–Trinajstić information content (AvgIpc) is 3.48. The van der Waals surface area contributed by atoms with Gasteiger partial charge in [-0.2, -0.15) is 13.2 Å². The number of benzene rings is 2. The smallest absolute Gasteiger partial charge is 0.416 e. The molecule has 1 aliphatic heterocycles. The number of likely N-dealkylation sites (tertiary alicyclic amines) is 1. The number of rotatable bonds is 3. The normalized spacial score (nSPS) is 16.3. The highest BCUT2D eigenvalue weighted by Crippen LogP contribution is 2.36. The van der Waals surface area contributed by atoms with Crippen molar-refractivity contribution in [1.29, 1.82) is 0 Å². The molecule has 1 aliphatic rings. The maximum absolute atomic E-state index is 13.6. The monoisotopic (exact) mass is 523 g/mol. The molecule has 198 valence electrons. The van der Waals surface area contributed by atoms with Crippen LogP contribution >= 0.6 is 0 Å². The summed E-state index contributed by atoms with van der Waals surface area (Å²) in [7, 11) is 0. The maximum Gasteiger partial charge on any atom is 0.416 e. The Labute approximate surface area is 218 Å². The fourth-order valence-corrected chi connectivity index (χ4v) is 4.72. The lowest BCUT2D eigenvalue weighted by Gasteiger charge is -2.24. The number of ether oxygens (including phenoxy) is 1. The van der Waals surface area contributed by atoms with Crippen molar-refractivity contribution in [3.05, 3.63) is 71.9 Å². The first-order chi connectivity index (χ1) is 17.9. The van der Waals surface area contributed by atoms with Gasteiger partial charge in [-0.25, -0.2) is 14.8 Å². The minimum atomic E-state index is -4.50. The number of imidazole rings is 1. The number of anilines is 1. The van der Waals surface area contributed by atoms with Gasteiger partial charge in [-0.05, 0) is 75.2 Å². The zero-order valence-electron chi connectivity index (χ0n) is 21.3. The predicted octanol–water partition coefficient (Wildman–Crippen LogP) is 6.41. The van der Waals surface area contributed by atoms with Crippen molar-refractivity contribution >= 4 is 22.9 Å². The van der Waals surface area contributed by atoms with Crippen LogP contribution in [0.25, 0.3) is 28.1 Å². The van der Waals surface area contributed by atoms with Crippen molar-refractivity contribution < 1.29 is 22.7 Å². The number of carbonyl (C=O) groups excluding carboxylic acids is 1. The molecule has 1 amide bonds. The number of hydrogen-bond acceptors (Lipinski definition) is 5. The molecule has 7 nitrogen and oxygen atoms in total. The Bertz CT molecular complexity index is 1490. The van der Waals surface area contributed by atoms with Crippen molar-refractivity contribution in [1.82, 2.24) is 19.4 Å². The number of alkyl halides is 3. The highest BCUT2D eigenvalue weighted by Gasteiger charge is 2.32. The van der Waals surface area contributed by atoms with Gasteiger partial charge in [0.2, 0.25) is 0 Å². The first kappa shape index (κ1) is 25.6. The van der Waals surface area contributed by atoms with E-state index in [4.69, 9.17) is 10.5 Å². The summed E-state index contributed by atoms with van der Waals surface area (Å²) in [4.78, 5) is 22.9. The number of nitrogens with two attached hydrogens (primary N) is 1. The summed E-state index contributed by atoms with van der Waals surface area (Å²) in [5.41, 5.74) is 7.69. The molecule has 38 heavy (non-hydrogen) atoms. The van der Waals surface area contributed by atoms with Gasteiger partial charge in [-0.1, -0.05) is 12.1 Å². The van der Waals surface area contributed by atoms with E-state index in [9.17, 15) is 18.0 Å². The number of aromatic nitrogens is 3. The molecule has 1 unspecified atom stereocenters. The number of carbonyl (C=O) groups is 1. The van der Waals surface area contributed by atoms with Crippen molar-refractivity contribution in [2.75, 3.05) is 18.8 Å². The van der Waals surface area contributed by atoms with Gasteiger partial charge >= 0.3 is 12.3 Å². The molecule has 2 N–H and O–H groups in total. The molecule has 10 heteroatoms. The van der Waals surface area contributed by atoms with Crippen LogP contribution in [0.5, 0.6) is 0 Å². The maximum atomic E-state index is 13.6. The SMILES string of the molecule is CC(C)(C)OC(=O)N1CCC(c2ccc(-n3c(-c4cccnc4N)nc4ccc(C(F)(F)F)cc43)cc2)C1. The van der Waals surface area contributed by atoms with Crippen LogP contribution in [0, 0.1) is 0 Å². The van der Waals surface area contributed by atoms with E-state index in [-0.39, 0.29) is 17.8 Å². The zero-order chi connectivity index (χ0) is 27.2.